The average molecular weight is 410 g/mol. The summed E-state index contributed by atoms with van der Waals surface area (Å²) in [5.74, 6) is 0.0591. The van der Waals surface area contributed by atoms with Gasteiger partial charge in [-0.05, 0) is 64.3 Å². The van der Waals surface area contributed by atoms with Crippen LogP contribution in [0.4, 0.5) is 0 Å². The quantitative estimate of drug-likeness (QED) is 0.675. The summed E-state index contributed by atoms with van der Waals surface area (Å²) < 4.78 is 1.76. The molecule has 3 aromatic heterocycles. The summed E-state index contributed by atoms with van der Waals surface area (Å²) in [6.07, 6.45) is 7.71. The molecule has 0 radical (unpaired) electrons. The van der Waals surface area contributed by atoms with Crippen molar-refractivity contribution in [1.82, 2.24) is 35.0 Å². The van der Waals surface area contributed by atoms with E-state index in [-0.39, 0.29) is 17.9 Å². The van der Waals surface area contributed by atoms with Gasteiger partial charge >= 0.3 is 0 Å². The zero-order chi connectivity index (χ0) is 21.4. The molecule has 0 bridgehead atoms. The summed E-state index contributed by atoms with van der Waals surface area (Å²) in [7, 11) is 4.25. The number of aromatic nitrogens is 5. The van der Waals surface area contributed by atoms with Gasteiger partial charge in [-0.1, -0.05) is 13.8 Å². The van der Waals surface area contributed by atoms with Crippen LogP contribution in [0.2, 0.25) is 0 Å². The Labute approximate surface area is 177 Å². The highest BCUT2D eigenvalue weighted by Crippen LogP contribution is 2.31. The summed E-state index contributed by atoms with van der Waals surface area (Å²) in [6.45, 7) is 6.19. The molecule has 3 aromatic rings. The van der Waals surface area contributed by atoms with Crippen LogP contribution < -0.4 is 5.32 Å². The first-order valence-electron chi connectivity index (χ1n) is 10.7. The number of amides is 1. The predicted molar refractivity (Wildman–Crippen MR) is 117 cm³/mol. The maximum atomic E-state index is 13.1. The molecule has 0 aliphatic heterocycles. The van der Waals surface area contributed by atoms with E-state index in [9.17, 15) is 4.79 Å². The van der Waals surface area contributed by atoms with Gasteiger partial charge in [0.15, 0.2) is 11.3 Å². The minimum absolute atomic E-state index is 0.0898. The first-order valence-corrected chi connectivity index (χ1v) is 10.7. The summed E-state index contributed by atoms with van der Waals surface area (Å²) in [5.41, 5.74) is 5.10. The lowest BCUT2D eigenvalue weighted by molar-refractivity contribution is 0.0909. The molecule has 0 atom stereocenters. The Hall–Kier alpha value is -2.74. The molecule has 1 aliphatic carbocycles. The van der Waals surface area contributed by atoms with E-state index < -0.39 is 0 Å². The fourth-order valence-electron chi connectivity index (χ4n) is 4.53. The second-order valence-corrected chi connectivity index (χ2v) is 8.90. The van der Waals surface area contributed by atoms with Crippen molar-refractivity contribution in [3.63, 3.8) is 0 Å². The Morgan fingerprint density at radius 1 is 1.27 bits per heavy atom. The highest BCUT2D eigenvalue weighted by atomic mass is 16.2. The molecule has 0 unspecified atom stereocenters. The van der Waals surface area contributed by atoms with Gasteiger partial charge in [0.05, 0.1) is 5.69 Å². The summed E-state index contributed by atoms with van der Waals surface area (Å²) in [6, 6.07) is 2.88. The van der Waals surface area contributed by atoms with Crippen LogP contribution >= 0.6 is 0 Å². The molecule has 8 heteroatoms. The van der Waals surface area contributed by atoms with Gasteiger partial charge in [0.1, 0.15) is 6.33 Å². The monoisotopic (exact) mass is 409 g/mol. The van der Waals surface area contributed by atoms with Gasteiger partial charge in [-0.15, -0.1) is 0 Å². The SMILES string of the molecule is Cc1cc(-c2[nH]nc(C(=O)NC3CCC(N(C)C)CC3)c2C(C)C)cn2ncnc12. The van der Waals surface area contributed by atoms with E-state index >= 15 is 0 Å². The van der Waals surface area contributed by atoms with Crippen LogP contribution in [-0.4, -0.2) is 61.8 Å². The molecular weight excluding hydrogens is 378 g/mol. The van der Waals surface area contributed by atoms with Gasteiger partial charge in [-0.3, -0.25) is 9.89 Å². The molecule has 0 saturated heterocycles. The minimum Gasteiger partial charge on any atom is -0.348 e. The van der Waals surface area contributed by atoms with Crippen LogP contribution in [0.1, 0.15) is 67.1 Å². The molecular formula is C22H31N7O. The maximum Gasteiger partial charge on any atom is 0.272 e. The lowest BCUT2D eigenvalue weighted by Crippen LogP contribution is -2.42. The number of pyridine rings is 1. The first kappa shape index (κ1) is 20.5. The van der Waals surface area contributed by atoms with Crippen molar-refractivity contribution in [3.8, 4) is 11.3 Å². The second kappa shape index (κ2) is 8.18. The van der Waals surface area contributed by atoms with Gasteiger partial charge in [0.25, 0.3) is 5.91 Å². The standard InChI is InChI=1S/C22H31N7O/c1-13(2)18-19(15-10-14(3)21-23-12-24-29(21)11-15)26-27-20(18)22(30)25-16-6-8-17(9-7-16)28(4)5/h10-13,16-17H,6-9H2,1-5H3,(H,25,30)(H,26,27). The fourth-order valence-corrected chi connectivity index (χ4v) is 4.53. The Morgan fingerprint density at radius 3 is 2.67 bits per heavy atom. The number of nitrogens with zero attached hydrogens (tertiary/aromatic N) is 5. The molecule has 30 heavy (non-hydrogen) atoms. The lowest BCUT2D eigenvalue weighted by Gasteiger charge is -2.32. The molecule has 4 rings (SSSR count). The number of carbonyl (C=O) groups is 1. The van der Waals surface area contributed by atoms with Crippen LogP contribution in [0.25, 0.3) is 16.9 Å². The van der Waals surface area contributed by atoms with Crippen LogP contribution in [0.5, 0.6) is 0 Å². The Bertz CT molecular complexity index is 1040. The number of nitrogens with one attached hydrogen (secondary N) is 2. The molecule has 1 fully saturated rings. The molecule has 0 aromatic carbocycles. The van der Waals surface area contributed by atoms with E-state index in [1.54, 1.807) is 10.8 Å². The molecule has 2 N–H and O–H groups in total. The topological polar surface area (TPSA) is 91.2 Å². The number of hydrogen-bond donors (Lipinski definition) is 2. The predicted octanol–water partition coefficient (Wildman–Crippen LogP) is 3.15. The number of aromatic amines is 1. The highest BCUT2D eigenvalue weighted by Gasteiger charge is 2.27. The zero-order valence-electron chi connectivity index (χ0n) is 18.4. The summed E-state index contributed by atoms with van der Waals surface area (Å²) in [4.78, 5) is 19.7. The van der Waals surface area contributed by atoms with Crippen molar-refractivity contribution in [2.24, 2.45) is 0 Å². The summed E-state index contributed by atoms with van der Waals surface area (Å²) >= 11 is 0. The van der Waals surface area contributed by atoms with E-state index in [0.29, 0.717) is 11.7 Å². The number of rotatable bonds is 5. The van der Waals surface area contributed by atoms with Crippen molar-refractivity contribution in [1.29, 1.82) is 0 Å². The van der Waals surface area contributed by atoms with E-state index in [1.165, 1.54) is 0 Å². The molecule has 1 aliphatic rings. The zero-order valence-corrected chi connectivity index (χ0v) is 18.4. The van der Waals surface area contributed by atoms with E-state index in [4.69, 9.17) is 0 Å². The van der Waals surface area contributed by atoms with Gasteiger partial charge < -0.3 is 10.2 Å². The molecule has 1 saturated carbocycles. The van der Waals surface area contributed by atoms with Crippen molar-refractivity contribution >= 4 is 11.6 Å². The van der Waals surface area contributed by atoms with Gasteiger partial charge in [0, 0.05) is 29.4 Å². The molecule has 3 heterocycles. The van der Waals surface area contributed by atoms with Gasteiger partial charge in [-0.2, -0.15) is 10.2 Å². The highest BCUT2D eigenvalue weighted by molar-refractivity contribution is 5.96. The molecule has 0 spiro atoms. The number of carbonyl (C=O) groups excluding carboxylic acids is 1. The Balaban J connectivity index is 1.59. The second-order valence-electron chi connectivity index (χ2n) is 8.90. The van der Waals surface area contributed by atoms with Crippen molar-refractivity contribution in [2.45, 2.75) is 64.5 Å². The largest absolute Gasteiger partial charge is 0.348 e. The van der Waals surface area contributed by atoms with Crippen LogP contribution in [-0.2, 0) is 0 Å². The number of hydrogen-bond acceptors (Lipinski definition) is 5. The minimum atomic E-state index is -0.0898. The number of H-pyrrole nitrogens is 1. The van der Waals surface area contributed by atoms with Crippen molar-refractivity contribution in [3.05, 3.63) is 35.4 Å². The van der Waals surface area contributed by atoms with Crippen molar-refractivity contribution < 1.29 is 4.79 Å². The van der Waals surface area contributed by atoms with E-state index in [1.807, 2.05) is 13.1 Å². The number of fused-ring (bicyclic) bond motifs is 1. The normalized spacial score (nSPS) is 19.7. The third-order valence-corrected chi connectivity index (χ3v) is 6.21. The lowest BCUT2D eigenvalue weighted by atomic mass is 9.90. The molecule has 8 nitrogen and oxygen atoms in total. The maximum absolute atomic E-state index is 13.1. The Morgan fingerprint density at radius 2 is 2.00 bits per heavy atom. The molecule has 160 valence electrons. The Kier molecular flexibility index (Phi) is 5.60. The fraction of sp³-hybridized carbons (Fsp3) is 0.545. The van der Waals surface area contributed by atoms with Gasteiger partial charge in [0.2, 0.25) is 0 Å². The van der Waals surface area contributed by atoms with Crippen LogP contribution in [0, 0.1) is 6.92 Å². The summed E-state index contributed by atoms with van der Waals surface area (Å²) in [5, 5.41) is 15.0. The first-order chi connectivity index (χ1) is 14.3. The third kappa shape index (κ3) is 3.84. The average Bonchev–Trinajstić information content (AvgIpc) is 3.35. The smallest absolute Gasteiger partial charge is 0.272 e. The molecule has 1 amide bonds. The van der Waals surface area contributed by atoms with Crippen molar-refractivity contribution in [2.75, 3.05) is 14.1 Å². The van der Waals surface area contributed by atoms with E-state index in [2.05, 4.69) is 64.5 Å². The van der Waals surface area contributed by atoms with Gasteiger partial charge in [-0.25, -0.2) is 9.50 Å². The van der Waals surface area contributed by atoms with E-state index in [0.717, 1.165) is 53.7 Å². The number of aryl methyl sites for hydroxylation is 1. The van der Waals surface area contributed by atoms with Crippen LogP contribution in [0.3, 0.4) is 0 Å². The third-order valence-electron chi connectivity index (χ3n) is 6.21. The van der Waals surface area contributed by atoms with Crippen LogP contribution in [0.15, 0.2) is 18.6 Å².